The zero-order valence-electron chi connectivity index (χ0n) is 16.0. The van der Waals surface area contributed by atoms with Gasteiger partial charge in [-0.1, -0.05) is 35.0 Å². The van der Waals surface area contributed by atoms with Crippen LogP contribution < -0.4 is 5.56 Å². The predicted octanol–water partition coefficient (Wildman–Crippen LogP) is 3.95. The van der Waals surface area contributed by atoms with Gasteiger partial charge in [0.15, 0.2) is 0 Å². The van der Waals surface area contributed by atoms with Crippen molar-refractivity contribution in [2.75, 3.05) is 7.05 Å². The van der Waals surface area contributed by atoms with E-state index in [1.54, 1.807) is 54.0 Å². The first-order chi connectivity index (χ1) is 13.3. The van der Waals surface area contributed by atoms with Crippen LogP contribution in [0.5, 0.6) is 0 Å². The summed E-state index contributed by atoms with van der Waals surface area (Å²) in [6.45, 7) is 4.19. The predicted molar refractivity (Wildman–Crippen MR) is 114 cm³/mol. The van der Waals surface area contributed by atoms with E-state index < -0.39 is 16.1 Å². The fraction of sp³-hybridized carbons (Fsp3) is 0.300. The Labute approximate surface area is 173 Å². The molecule has 0 spiro atoms. The lowest BCUT2D eigenvalue weighted by Crippen LogP contribution is -2.35. The molecule has 0 bridgehead atoms. The monoisotopic (exact) mass is 463 g/mol. The van der Waals surface area contributed by atoms with Crippen LogP contribution in [0.15, 0.2) is 62.7 Å². The third-order valence-corrected chi connectivity index (χ3v) is 7.22. The molecule has 148 valence electrons. The molecule has 8 heteroatoms. The molecule has 2 aromatic carbocycles. The van der Waals surface area contributed by atoms with Crippen molar-refractivity contribution in [2.45, 2.75) is 37.8 Å². The van der Waals surface area contributed by atoms with Crippen LogP contribution in [0.2, 0.25) is 0 Å². The van der Waals surface area contributed by atoms with Crippen molar-refractivity contribution < 1.29 is 8.42 Å². The fourth-order valence-corrected chi connectivity index (χ4v) is 4.67. The number of hydrogen-bond donors (Lipinski definition) is 0. The molecule has 1 unspecified atom stereocenters. The first-order valence-electron chi connectivity index (χ1n) is 9.00. The minimum absolute atomic E-state index is 0.149. The van der Waals surface area contributed by atoms with E-state index >= 15 is 0 Å². The number of rotatable bonds is 6. The van der Waals surface area contributed by atoms with E-state index in [4.69, 9.17) is 0 Å². The second kappa shape index (κ2) is 8.14. The maximum absolute atomic E-state index is 13.1. The molecule has 1 heterocycles. The lowest BCUT2D eigenvalue weighted by molar-refractivity contribution is 0.368. The van der Waals surface area contributed by atoms with Crippen LogP contribution in [0.25, 0.3) is 10.9 Å². The summed E-state index contributed by atoms with van der Waals surface area (Å²) in [5.41, 5.74) is 0.417. The van der Waals surface area contributed by atoms with Crippen molar-refractivity contribution in [1.82, 2.24) is 13.9 Å². The first kappa shape index (κ1) is 20.7. The largest absolute Gasteiger partial charge is 0.295 e. The summed E-state index contributed by atoms with van der Waals surface area (Å²) >= 11 is 3.32. The van der Waals surface area contributed by atoms with Crippen LogP contribution in [0.1, 0.15) is 32.1 Å². The van der Waals surface area contributed by atoms with Crippen molar-refractivity contribution >= 4 is 36.9 Å². The van der Waals surface area contributed by atoms with Gasteiger partial charge in [-0.25, -0.2) is 13.4 Å². The number of aromatic nitrogens is 2. The van der Waals surface area contributed by atoms with E-state index in [1.165, 1.54) is 11.4 Å². The summed E-state index contributed by atoms with van der Waals surface area (Å²) in [6.07, 6.45) is 0.739. The molecule has 3 rings (SSSR count). The molecule has 28 heavy (non-hydrogen) atoms. The molecule has 0 saturated carbocycles. The molecule has 0 aliphatic carbocycles. The minimum atomic E-state index is -3.74. The van der Waals surface area contributed by atoms with E-state index in [0.29, 0.717) is 23.3 Å². The number of para-hydroxylation sites is 1. The lowest BCUT2D eigenvalue weighted by atomic mass is 10.2. The summed E-state index contributed by atoms with van der Waals surface area (Å²) in [5.74, 6) is 0.439. The van der Waals surface area contributed by atoms with Crippen LogP contribution in [0, 0.1) is 0 Å². The number of nitrogens with zero attached hydrogens (tertiary/aromatic N) is 3. The molecule has 0 fully saturated rings. The Morgan fingerprint density at radius 1 is 1.14 bits per heavy atom. The Hall–Kier alpha value is -2.03. The minimum Gasteiger partial charge on any atom is -0.295 e. The van der Waals surface area contributed by atoms with Crippen LogP contribution in [-0.4, -0.2) is 29.3 Å². The zero-order chi connectivity index (χ0) is 20.5. The molecule has 0 saturated heterocycles. The van der Waals surface area contributed by atoms with Crippen LogP contribution in [0.3, 0.4) is 0 Å². The van der Waals surface area contributed by atoms with Crippen molar-refractivity contribution in [3.8, 4) is 0 Å². The maximum Gasteiger partial charge on any atom is 0.261 e. The van der Waals surface area contributed by atoms with Gasteiger partial charge in [-0.05, 0) is 49.7 Å². The summed E-state index contributed by atoms with van der Waals surface area (Å²) in [4.78, 5) is 17.8. The van der Waals surface area contributed by atoms with Gasteiger partial charge in [0.25, 0.3) is 5.56 Å². The van der Waals surface area contributed by atoms with Gasteiger partial charge in [0.1, 0.15) is 5.82 Å². The molecule has 0 N–H and O–H groups in total. The maximum atomic E-state index is 13.1. The summed E-state index contributed by atoms with van der Waals surface area (Å²) < 4.78 is 29.8. The van der Waals surface area contributed by atoms with E-state index in [1.807, 2.05) is 13.0 Å². The zero-order valence-corrected chi connectivity index (χ0v) is 18.4. The van der Waals surface area contributed by atoms with Gasteiger partial charge in [0.05, 0.1) is 21.8 Å². The second-order valence-corrected chi connectivity index (χ2v) is 9.51. The van der Waals surface area contributed by atoms with Gasteiger partial charge >= 0.3 is 0 Å². The number of fused-ring (bicyclic) bond motifs is 1. The molecular formula is C20H22BrN3O3S. The van der Waals surface area contributed by atoms with Crippen molar-refractivity contribution in [3.63, 3.8) is 0 Å². The van der Waals surface area contributed by atoms with Crippen LogP contribution in [-0.2, 0) is 16.6 Å². The molecule has 0 amide bonds. The highest BCUT2D eigenvalue weighted by molar-refractivity contribution is 9.10. The molecule has 6 nitrogen and oxygen atoms in total. The molecular weight excluding hydrogens is 442 g/mol. The highest BCUT2D eigenvalue weighted by Crippen LogP contribution is 2.26. The number of halogens is 1. The number of benzene rings is 2. The van der Waals surface area contributed by atoms with E-state index in [-0.39, 0.29) is 10.5 Å². The van der Waals surface area contributed by atoms with Crippen LogP contribution >= 0.6 is 15.9 Å². The summed E-state index contributed by atoms with van der Waals surface area (Å²) in [6, 6.07) is 13.0. The molecule has 0 aliphatic rings. The van der Waals surface area contributed by atoms with Gasteiger partial charge in [0.2, 0.25) is 10.0 Å². The Morgan fingerprint density at radius 2 is 1.79 bits per heavy atom. The van der Waals surface area contributed by atoms with Gasteiger partial charge in [-0.15, -0.1) is 0 Å². The third-order valence-electron chi connectivity index (χ3n) is 4.75. The molecule has 0 radical (unpaired) electrons. The van der Waals surface area contributed by atoms with Gasteiger partial charge in [-0.3, -0.25) is 9.36 Å². The third kappa shape index (κ3) is 3.76. The number of hydrogen-bond acceptors (Lipinski definition) is 4. The fourth-order valence-electron chi connectivity index (χ4n) is 3.09. The van der Waals surface area contributed by atoms with Crippen molar-refractivity contribution in [2.24, 2.45) is 0 Å². The van der Waals surface area contributed by atoms with Gasteiger partial charge < -0.3 is 0 Å². The highest BCUT2D eigenvalue weighted by atomic mass is 79.9. The smallest absolute Gasteiger partial charge is 0.261 e. The van der Waals surface area contributed by atoms with Crippen LogP contribution in [0.4, 0.5) is 0 Å². The Morgan fingerprint density at radius 3 is 2.43 bits per heavy atom. The van der Waals surface area contributed by atoms with Gasteiger partial charge in [0, 0.05) is 18.1 Å². The van der Waals surface area contributed by atoms with Crippen molar-refractivity contribution in [3.05, 3.63) is 69.2 Å². The molecule has 1 aromatic heterocycles. The SMILES string of the molecule is CCCn1c(C(C)N(C)S(=O)(=O)c2ccc(Br)cc2)nc2ccccc2c1=O. The summed E-state index contributed by atoms with van der Waals surface area (Å²) in [5, 5.41) is 0.533. The highest BCUT2D eigenvalue weighted by Gasteiger charge is 2.29. The normalized spacial score (nSPS) is 13.2. The van der Waals surface area contributed by atoms with E-state index in [0.717, 1.165) is 10.9 Å². The Kier molecular flexibility index (Phi) is 6.02. The second-order valence-electron chi connectivity index (χ2n) is 6.60. The van der Waals surface area contributed by atoms with Crippen molar-refractivity contribution in [1.29, 1.82) is 0 Å². The number of sulfonamides is 1. The van der Waals surface area contributed by atoms with E-state index in [9.17, 15) is 13.2 Å². The average molecular weight is 464 g/mol. The summed E-state index contributed by atoms with van der Waals surface area (Å²) in [7, 11) is -2.23. The quantitative estimate of drug-likeness (QED) is 0.554. The average Bonchev–Trinajstić information content (AvgIpc) is 2.69. The standard InChI is InChI=1S/C20H22BrN3O3S/c1-4-13-24-19(22-18-8-6-5-7-17(18)20(24)25)14(2)23(3)28(26,27)16-11-9-15(21)10-12-16/h5-12,14H,4,13H2,1-3H3. The Bertz CT molecular complexity index is 1160. The molecule has 1 atom stereocenters. The van der Waals surface area contributed by atoms with Gasteiger partial charge in [-0.2, -0.15) is 4.31 Å². The molecule has 0 aliphatic heterocycles. The molecule has 3 aromatic rings. The lowest BCUT2D eigenvalue weighted by Gasteiger charge is -2.26. The Balaban J connectivity index is 2.11. The van der Waals surface area contributed by atoms with E-state index in [2.05, 4.69) is 20.9 Å². The first-order valence-corrected chi connectivity index (χ1v) is 11.2. The topological polar surface area (TPSA) is 72.3 Å².